The van der Waals surface area contributed by atoms with E-state index in [4.69, 9.17) is 9.84 Å². The van der Waals surface area contributed by atoms with Crippen molar-refractivity contribution in [2.24, 2.45) is 0 Å². The largest absolute Gasteiger partial charge is 0.496 e. The Kier molecular flexibility index (Phi) is 3.74. The molecule has 84 valence electrons. The maximum absolute atomic E-state index is 10.9. The Morgan fingerprint density at radius 2 is 1.75 bits per heavy atom. The van der Waals surface area contributed by atoms with Gasteiger partial charge in [0.15, 0.2) is 0 Å². The molecule has 4 heteroatoms. The maximum Gasteiger partial charge on any atom is 0.339 e. The van der Waals surface area contributed by atoms with Crippen molar-refractivity contribution in [3.63, 3.8) is 0 Å². The molecule has 0 amide bonds. The second-order valence-electron chi connectivity index (χ2n) is 3.20. The lowest BCUT2D eigenvalue weighted by atomic mass is 10.1. The van der Waals surface area contributed by atoms with Crippen LogP contribution in [0.1, 0.15) is 10.4 Å². The maximum atomic E-state index is 10.9. The summed E-state index contributed by atoms with van der Waals surface area (Å²) >= 11 is 0. The number of halogens is 1. The number of fused-ring (bicyclic) bond motifs is 1. The molecule has 0 saturated heterocycles. The van der Waals surface area contributed by atoms with Crippen LogP contribution in [0.2, 0.25) is 0 Å². The van der Waals surface area contributed by atoms with E-state index < -0.39 is 5.97 Å². The Bertz CT molecular complexity index is 523. The van der Waals surface area contributed by atoms with Gasteiger partial charge in [0.25, 0.3) is 0 Å². The number of carbonyl (C=O) groups is 1. The average molecular weight is 239 g/mol. The highest BCUT2D eigenvalue weighted by molar-refractivity contribution is 5.97. The molecule has 2 aromatic rings. The Hall–Kier alpha value is -1.74. The first-order valence-corrected chi connectivity index (χ1v) is 4.52. The molecule has 0 radical (unpaired) electrons. The van der Waals surface area contributed by atoms with E-state index in [9.17, 15) is 4.79 Å². The minimum atomic E-state index is -0.974. The van der Waals surface area contributed by atoms with Gasteiger partial charge in [0.1, 0.15) is 11.3 Å². The zero-order valence-corrected chi connectivity index (χ0v) is 9.45. The van der Waals surface area contributed by atoms with Gasteiger partial charge in [-0.2, -0.15) is 0 Å². The van der Waals surface area contributed by atoms with E-state index >= 15 is 0 Å². The number of benzene rings is 2. The summed E-state index contributed by atoms with van der Waals surface area (Å²) < 4.78 is 5.03. The summed E-state index contributed by atoms with van der Waals surface area (Å²) in [5.74, 6) is -0.584. The molecule has 2 aromatic carbocycles. The predicted molar refractivity (Wildman–Crippen MR) is 64.7 cm³/mol. The molecule has 0 saturated carbocycles. The molecule has 16 heavy (non-hydrogen) atoms. The summed E-state index contributed by atoms with van der Waals surface area (Å²) in [5, 5.41) is 10.8. The predicted octanol–water partition coefficient (Wildman–Crippen LogP) is 2.97. The van der Waals surface area contributed by atoms with Crippen molar-refractivity contribution in [3.05, 3.63) is 42.0 Å². The van der Waals surface area contributed by atoms with Gasteiger partial charge in [-0.1, -0.05) is 24.3 Å². The highest BCUT2D eigenvalue weighted by Crippen LogP contribution is 2.25. The SMILES string of the molecule is COc1cc2ccccc2cc1C(=O)O.Cl. The van der Waals surface area contributed by atoms with Crippen molar-refractivity contribution in [2.45, 2.75) is 0 Å². The van der Waals surface area contributed by atoms with Crippen LogP contribution < -0.4 is 4.74 Å². The molecule has 0 bridgehead atoms. The zero-order chi connectivity index (χ0) is 10.8. The molecule has 0 heterocycles. The molecule has 2 rings (SSSR count). The molecule has 0 unspecified atom stereocenters. The fraction of sp³-hybridized carbons (Fsp3) is 0.0833. The van der Waals surface area contributed by atoms with E-state index in [1.54, 1.807) is 12.1 Å². The summed E-state index contributed by atoms with van der Waals surface area (Å²) in [5.41, 5.74) is 0.191. The van der Waals surface area contributed by atoms with Crippen LogP contribution in [-0.4, -0.2) is 18.2 Å². The number of methoxy groups -OCH3 is 1. The molecule has 0 atom stereocenters. The lowest BCUT2D eigenvalue weighted by Crippen LogP contribution is -2.00. The Balaban J connectivity index is 0.00000128. The van der Waals surface area contributed by atoms with Gasteiger partial charge in [-0.05, 0) is 22.9 Å². The number of hydrogen-bond acceptors (Lipinski definition) is 2. The minimum Gasteiger partial charge on any atom is -0.496 e. The van der Waals surface area contributed by atoms with Gasteiger partial charge in [0, 0.05) is 0 Å². The quantitative estimate of drug-likeness (QED) is 0.875. The number of hydrogen-bond donors (Lipinski definition) is 1. The van der Waals surface area contributed by atoms with Gasteiger partial charge in [-0.25, -0.2) is 4.79 Å². The third-order valence-corrected chi connectivity index (χ3v) is 2.30. The van der Waals surface area contributed by atoms with Crippen LogP contribution in [0.4, 0.5) is 0 Å². The summed E-state index contributed by atoms with van der Waals surface area (Å²) in [6, 6.07) is 10.9. The van der Waals surface area contributed by atoms with Gasteiger partial charge in [0.05, 0.1) is 7.11 Å². The van der Waals surface area contributed by atoms with Crippen molar-refractivity contribution in [2.75, 3.05) is 7.11 Å². The fourth-order valence-electron chi connectivity index (χ4n) is 1.56. The molecule has 0 aliphatic carbocycles. The van der Waals surface area contributed by atoms with Gasteiger partial charge in [-0.15, -0.1) is 12.4 Å². The van der Waals surface area contributed by atoms with Crippen LogP contribution in [0.3, 0.4) is 0 Å². The Morgan fingerprint density at radius 1 is 1.19 bits per heavy atom. The number of aromatic carboxylic acids is 1. The van der Waals surface area contributed by atoms with Crippen LogP contribution in [0, 0.1) is 0 Å². The third kappa shape index (κ3) is 2.09. The standard InChI is InChI=1S/C12H10O3.ClH/c1-15-11-7-9-5-3-2-4-8(9)6-10(11)12(13)14;/h2-7H,1H3,(H,13,14);1H. The first-order chi connectivity index (χ1) is 7.22. The zero-order valence-electron chi connectivity index (χ0n) is 8.64. The number of ether oxygens (including phenoxy) is 1. The smallest absolute Gasteiger partial charge is 0.339 e. The first kappa shape index (κ1) is 12.3. The monoisotopic (exact) mass is 238 g/mol. The minimum absolute atomic E-state index is 0. The summed E-state index contributed by atoms with van der Waals surface area (Å²) in [4.78, 5) is 10.9. The summed E-state index contributed by atoms with van der Waals surface area (Å²) in [6.45, 7) is 0. The molecule has 1 N–H and O–H groups in total. The Labute approximate surface area is 99.1 Å². The van der Waals surface area contributed by atoms with Crippen LogP contribution in [0.15, 0.2) is 36.4 Å². The molecule has 0 fully saturated rings. The van der Waals surface area contributed by atoms with Crippen LogP contribution in [0.25, 0.3) is 10.8 Å². The van der Waals surface area contributed by atoms with Gasteiger partial charge in [0.2, 0.25) is 0 Å². The summed E-state index contributed by atoms with van der Waals surface area (Å²) in [6.07, 6.45) is 0. The van der Waals surface area contributed by atoms with Crippen molar-refractivity contribution < 1.29 is 14.6 Å². The number of rotatable bonds is 2. The van der Waals surface area contributed by atoms with E-state index in [1.807, 2.05) is 24.3 Å². The van der Waals surface area contributed by atoms with Crippen LogP contribution >= 0.6 is 12.4 Å². The molecule has 0 aromatic heterocycles. The number of carboxylic acids is 1. The van der Waals surface area contributed by atoms with E-state index in [1.165, 1.54) is 7.11 Å². The normalized spacial score (nSPS) is 9.56. The Morgan fingerprint density at radius 3 is 2.25 bits per heavy atom. The van der Waals surface area contributed by atoms with Crippen LogP contribution in [-0.2, 0) is 0 Å². The molecular weight excluding hydrogens is 228 g/mol. The van der Waals surface area contributed by atoms with Gasteiger partial charge >= 0.3 is 5.97 Å². The van der Waals surface area contributed by atoms with Gasteiger partial charge < -0.3 is 9.84 Å². The lowest BCUT2D eigenvalue weighted by molar-refractivity contribution is 0.0693. The van der Waals surface area contributed by atoms with E-state index in [0.717, 1.165) is 10.8 Å². The van der Waals surface area contributed by atoms with Crippen molar-refractivity contribution >= 4 is 29.1 Å². The van der Waals surface area contributed by atoms with Crippen molar-refractivity contribution in [1.29, 1.82) is 0 Å². The topological polar surface area (TPSA) is 46.5 Å². The second kappa shape index (κ2) is 4.86. The number of carboxylic acid groups (broad SMARTS) is 1. The first-order valence-electron chi connectivity index (χ1n) is 4.52. The molecule has 0 aliphatic rings. The highest BCUT2D eigenvalue weighted by Gasteiger charge is 2.11. The molecule has 0 aliphatic heterocycles. The van der Waals surface area contributed by atoms with E-state index in [-0.39, 0.29) is 18.0 Å². The van der Waals surface area contributed by atoms with E-state index in [2.05, 4.69) is 0 Å². The van der Waals surface area contributed by atoms with Crippen molar-refractivity contribution in [1.82, 2.24) is 0 Å². The summed E-state index contributed by atoms with van der Waals surface area (Å²) in [7, 11) is 1.47. The van der Waals surface area contributed by atoms with Gasteiger partial charge in [-0.3, -0.25) is 0 Å². The van der Waals surface area contributed by atoms with Crippen molar-refractivity contribution in [3.8, 4) is 5.75 Å². The second-order valence-corrected chi connectivity index (χ2v) is 3.20. The third-order valence-electron chi connectivity index (χ3n) is 2.30. The van der Waals surface area contributed by atoms with Crippen LogP contribution in [0.5, 0.6) is 5.75 Å². The molecule has 3 nitrogen and oxygen atoms in total. The average Bonchev–Trinajstić information content (AvgIpc) is 2.27. The molecular formula is C12H11ClO3. The highest BCUT2D eigenvalue weighted by atomic mass is 35.5. The molecule has 0 spiro atoms. The fourth-order valence-corrected chi connectivity index (χ4v) is 1.56. The lowest BCUT2D eigenvalue weighted by Gasteiger charge is -2.06. The van der Waals surface area contributed by atoms with E-state index in [0.29, 0.717) is 5.75 Å².